The Balaban J connectivity index is 1.36. The summed E-state index contributed by atoms with van der Waals surface area (Å²) in [6.07, 6.45) is 1.67. The summed E-state index contributed by atoms with van der Waals surface area (Å²) in [5, 5.41) is 6.23. The van der Waals surface area contributed by atoms with Crippen LogP contribution in [0.2, 0.25) is 0 Å². The number of nitrogens with one attached hydrogen (secondary N) is 2. The van der Waals surface area contributed by atoms with Gasteiger partial charge in [0.25, 0.3) is 5.56 Å². The molecule has 3 aromatic rings. The second-order valence-corrected chi connectivity index (χ2v) is 8.78. The Morgan fingerprint density at radius 1 is 1.23 bits per heavy atom. The molecule has 3 heterocycles. The Hall–Kier alpha value is -2.84. The third kappa shape index (κ3) is 5.01. The smallest absolute Gasteiger partial charge is 0.251 e. The van der Waals surface area contributed by atoms with E-state index in [0.717, 1.165) is 48.7 Å². The number of carbonyl (C=O) groups excluding carboxylic acids is 1. The van der Waals surface area contributed by atoms with E-state index >= 15 is 0 Å². The lowest BCUT2D eigenvalue weighted by molar-refractivity contribution is -0.121. The first-order valence-electron chi connectivity index (χ1n) is 10.1. The molecule has 1 aliphatic rings. The highest BCUT2D eigenvalue weighted by Crippen LogP contribution is 2.23. The van der Waals surface area contributed by atoms with Gasteiger partial charge < -0.3 is 10.3 Å². The van der Waals surface area contributed by atoms with Crippen molar-refractivity contribution >= 4 is 22.9 Å². The van der Waals surface area contributed by atoms with Gasteiger partial charge in [-0.05, 0) is 51.9 Å². The number of amides is 1. The van der Waals surface area contributed by atoms with E-state index in [0.29, 0.717) is 17.2 Å². The number of hydrogen-bond donors (Lipinski definition) is 2. The van der Waals surface area contributed by atoms with Crippen molar-refractivity contribution < 1.29 is 4.79 Å². The van der Waals surface area contributed by atoms with E-state index in [4.69, 9.17) is 0 Å². The number of piperidine rings is 1. The maximum absolute atomic E-state index is 12.8. The molecule has 0 unspecified atom stereocenters. The van der Waals surface area contributed by atoms with E-state index in [-0.39, 0.29) is 17.4 Å². The number of anilines is 1. The molecular weight excluding hydrogens is 398 g/mol. The Bertz CT molecular complexity index is 1100. The maximum atomic E-state index is 12.8. The molecule has 0 aliphatic carbocycles. The average molecular weight is 424 g/mol. The SMILES string of the molecule is Cc1cc(=O)[nH]c(-c2cccc(NC(=O)C3CCN(Cc4csc(C)n4)CC3)c2)n1. The average Bonchev–Trinajstić information content (AvgIpc) is 3.12. The standard InChI is InChI=1S/C22H25N5O2S/c1-14-10-20(28)26-21(23-14)17-4-3-5-18(11-17)25-22(29)16-6-8-27(9-7-16)12-19-13-30-15(2)24-19/h3-5,10-11,13,16H,6-9,12H2,1-2H3,(H,25,29)(H,23,26,28). The molecule has 156 valence electrons. The number of benzene rings is 1. The van der Waals surface area contributed by atoms with Gasteiger partial charge in [-0.1, -0.05) is 12.1 Å². The molecule has 1 aromatic carbocycles. The molecule has 0 saturated carbocycles. The fraction of sp³-hybridized carbons (Fsp3) is 0.364. The van der Waals surface area contributed by atoms with Gasteiger partial charge in [-0.2, -0.15) is 0 Å². The van der Waals surface area contributed by atoms with Crippen molar-refractivity contribution in [3.63, 3.8) is 0 Å². The van der Waals surface area contributed by atoms with Crippen molar-refractivity contribution in [2.45, 2.75) is 33.2 Å². The maximum Gasteiger partial charge on any atom is 0.251 e. The Morgan fingerprint density at radius 2 is 2.03 bits per heavy atom. The first kappa shape index (κ1) is 20.4. The molecule has 0 atom stereocenters. The minimum absolute atomic E-state index is 0.000946. The molecule has 2 N–H and O–H groups in total. The van der Waals surface area contributed by atoms with Gasteiger partial charge in [0.2, 0.25) is 5.91 Å². The quantitative estimate of drug-likeness (QED) is 0.657. The molecule has 0 bridgehead atoms. The van der Waals surface area contributed by atoms with Gasteiger partial charge >= 0.3 is 0 Å². The molecule has 30 heavy (non-hydrogen) atoms. The summed E-state index contributed by atoms with van der Waals surface area (Å²) in [6.45, 7) is 6.44. The predicted molar refractivity (Wildman–Crippen MR) is 119 cm³/mol. The number of carbonyl (C=O) groups is 1. The van der Waals surface area contributed by atoms with Gasteiger partial charge in [0.05, 0.1) is 10.7 Å². The van der Waals surface area contributed by atoms with E-state index in [9.17, 15) is 9.59 Å². The Kier molecular flexibility index (Phi) is 6.06. The van der Waals surface area contributed by atoms with Crippen LogP contribution in [-0.4, -0.2) is 38.8 Å². The topological polar surface area (TPSA) is 91.0 Å². The van der Waals surface area contributed by atoms with E-state index < -0.39 is 0 Å². The lowest BCUT2D eigenvalue weighted by Gasteiger charge is -2.30. The Labute approximate surface area is 179 Å². The number of aryl methyl sites for hydroxylation is 2. The van der Waals surface area contributed by atoms with Crippen LogP contribution in [0.5, 0.6) is 0 Å². The molecule has 1 amide bonds. The molecule has 8 heteroatoms. The van der Waals surface area contributed by atoms with E-state index in [1.807, 2.05) is 31.2 Å². The Morgan fingerprint density at radius 3 is 2.73 bits per heavy atom. The number of aromatic nitrogens is 3. The fourth-order valence-electron chi connectivity index (χ4n) is 3.77. The summed E-state index contributed by atoms with van der Waals surface area (Å²) in [5.74, 6) is 0.544. The number of rotatable bonds is 5. The lowest BCUT2D eigenvalue weighted by Crippen LogP contribution is -2.37. The number of nitrogens with zero attached hydrogens (tertiary/aromatic N) is 3. The van der Waals surface area contributed by atoms with Crippen LogP contribution < -0.4 is 10.9 Å². The van der Waals surface area contributed by atoms with Crippen LogP contribution >= 0.6 is 11.3 Å². The monoisotopic (exact) mass is 423 g/mol. The van der Waals surface area contributed by atoms with Crippen LogP contribution in [0.4, 0.5) is 5.69 Å². The highest BCUT2D eigenvalue weighted by molar-refractivity contribution is 7.09. The summed E-state index contributed by atoms with van der Waals surface area (Å²) in [5.41, 5.74) is 3.05. The van der Waals surface area contributed by atoms with Crippen LogP contribution in [-0.2, 0) is 11.3 Å². The van der Waals surface area contributed by atoms with Crippen LogP contribution in [0.25, 0.3) is 11.4 Å². The second kappa shape index (κ2) is 8.89. The fourth-order valence-corrected chi connectivity index (χ4v) is 4.37. The molecular formula is C22H25N5O2S. The highest BCUT2D eigenvalue weighted by atomic mass is 32.1. The lowest BCUT2D eigenvalue weighted by atomic mass is 9.95. The molecule has 0 spiro atoms. The third-order valence-electron chi connectivity index (χ3n) is 5.28. The van der Waals surface area contributed by atoms with Crippen LogP contribution in [0.15, 0.2) is 40.5 Å². The predicted octanol–water partition coefficient (Wildman–Crippen LogP) is 3.36. The first-order chi connectivity index (χ1) is 14.5. The molecule has 1 aliphatic heterocycles. The van der Waals surface area contributed by atoms with Crippen molar-refractivity contribution in [3.8, 4) is 11.4 Å². The molecule has 1 fully saturated rings. The van der Waals surface area contributed by atoms with E-state index in [1.165, 1.54) is 6.07 Å². The minimum atomic E-state index is -0.188. The van der Waals surface area contributed by atoms with Gasteiger partial charge in [0, 0.05) is 40.9 Å². The van der Waals surface area contributed by atoms with Crippen molar-refractivity contribution in [3.05, 3.63) is 62.5 Å². The van der Waals surface area contributed by atoms with Gasteiger partial charge in [-0.15, -0.1) is 11.3 Å². The van der Waals surface area contributed by atoms with Crippen LogP contribution in [0.1, 0.15) is 29.2 Å². The summed E-state index contributed by atoms with van der Waals surface area (Å²) in [4.78, 5) is 38.5. The second-order valence-electron chi connectivity index (χ2n) is 7.71. The van der Waals surface area contributed by atoms with Gasteiger partial charge in [-0.3, -0.25) is 14.5 Å². The number of hydrogen-bond acceptors (Lipinski definition) is 6. The van der Waals surface area contributed by atoms with Crippen molar-refractivity contribution in [2.24, 2.45) is 5.92 Å². The zero-order valence-corrected chi connectivity index (χ0v) is 18.0. The van der Waals surface area contributed by atoms with Gasteiger partial charge in [0.1, 0.15) is 5.82 Å². The number of H-pyrrole nitrogens is 1. The van der Waals surface area contributed by atoms with Crippen LogP contribution in [0, 0.1) is 19.8 Å². The minimum Gasteiger partial charge on any atom is -0.326 e. The summed E-state index contributed by atoms with van der Waals surface area (Å²) < 4.78 is 0. The van der Waals surface area contributed by atoms with Gasteiger partial charge in [-0.25, -0.2) is 9.97 Å². The normalized spacial score (nSPS) is 15.3. The number of aromatic amines is 1. The molecule has 4 rings (SSSR count). The zero-order valence-electron chi connectivity index (χ0n) is 17.1. The van der Waals surface area contributed by atoms with Crippen LogP contribution in [0.3, 0.4) is 0 Å². The molecule has 0 radical (unpaired) electrons. The summed E-state index contributed by atoms with van der Waals surface area (Å²) in [7, 11) is 0. The van der Waals surface area contributed by atoms with Crippen molar-refractivity contribution in [2.75, 3.05) is 18.4 Å². The van der Waals surface area contributed by atoms with Crippen molar-refractivity contribution in [1.82, 2.24) is 19.9 Å². The zero-order chi connectivity index (χ0) is 21.1. The van der Waals surface area contributed by atoms with Crippen molar-refractivity contribution in [1.29, 1.82) is 0 Å². The van der Waals surface area contributed by atoms with E-state index in [2.05, 4.69) is 30.5 Å². The highest BCUT2D eigenvalue weighted by Gasteiger charge is 2.25. The van der Waals surface area contributed by atoms with Gasteiger partial charge in [0.15, 0.2) is 0 Å². The third-order valence-corrected chi connectivity index (χ3v) is 6.11. The summed E-state index contributed by atoms with van der Waals surface area (Å²) in [6, 6.07) is 8.87. The molecule has 7 nitrogen and oxygen atoms in total. The molecule has 1 saturated heterocycles. The van der Waals surface area contributed by atoms with E-state index in [1.54, 1.807) is 18.3 Å². The first-order valence-corrected chi connectivity index (χ1v) is 11.0. The molecule has 2 aromatic heterocycles. The number of thiazole rings is 1. The largest absolute Gasteiger partial charge is 0.326 e. The number of likely N-dealkylation sites (tertiary alicyclic amines) is 1. The summed E-state index contributed by atoms with van der Waals surface area (Å²) >= 11 is 1.67.